The molecule has 1 aromatic carbocycles. The van der Waals surface area contributed by atoms with Crippen molar-refractivity contribution < 1.29 is 9.90 Å². The van der Waals surface area contributed by atoms with E-state index in [9.17, 15) is 9.59 Å². The highest BCUT2D eigenvalue weighted by molar-refractivity contribution is 5.84. The Morgan fingerprint density at radius 3 is 2.67 bits per heavy atom. The molecule has 0 spiro atoms. The summed E-state index contributed by atoms with van der Waals surface area (Å²) in [4.78, 5) is 22.6. The van der Waals surface area contributed by atoms with Crippen molar-refractivity contribution in [1.29, 1.82) is 0 Å². The Morgan fingerprint density at radius 2 is 2.00 bits per heavy atom. The van der Waals surface area contributed by atoms with Crippen LogP contribution in [0.3, 0.4) is 0 Å². The summed E-state index contributed by atoms with van der Waals surface area (Å²) < 4.78 is 0.752. The van der Waals surface area contributed by atoms with Crippen molar-refractivity contribution >= 4 is 16.9 Å². The average molecular weight is 203 g/mol. The van der Waals surface area contributed by atoms with Gasteiger partial charge in [0.2, 0.25) is 0 Å². The first-order valence-electron chi connectivity index (χ1n) is 4.46. The summed E-state index contributed by atoms with van der Waals surface area (Å²) in [6, 6.07) is 8.62. The van der Waals surface area contributed by atoms with Gasteiger partial charge in [-0.05, 0) is 24.4 Å². The monoisotopic (exact) mass is 203 g/mol. The zero-order valence-electron chi connectivity index (χ0n) is 8.10. The molecule has 0 saturated heterocycles. The molecule has 1 heterocycles. The highest BCUT2D eigenvalue weighted by Crippen LogP contribution is 2.10. The number of carbonyl (C=O) groups is 1. The fourth-order valence-corrected chi connectivity index (χ4v) is 1.63. The van der Waals surface area contributed by atoms with Crippen LogP contribution in [0.15, 0.2) is 35.1 Å². The standard InChI is InChI=1S/C11H9NO3/c1-7-6-8-4-2-3-5-9(8)10(13)12(7)11(14)15/h2-6H,1H3,(H,14,15). The maximum absolute atomic E-state index is 11.8. The lowest BCUT2D eigenvalue weighted by Crippen LogP contribution is -2.27. The van der Waals surface area contributed by atoms with E-state index >= 15 is 0 Å². The molecule has 0 radical (unpaired) electrons. The van der Waals surface area contributed by atoms with Crippen molar-refractivity contribution in [3.8, 4) is 0 Å². The normalized spacial score (nSPS) is 10.5. The third-order valence-corrected chi connectivity index (χ3v) is 2.30. The lowest BCUT2D eigenvalue weighted by atomic mass is 10.1. The number of rotatable bonds is 0. The second kappa shape index (κ2) is 3.24. The van der Waals surface area contributed by atoms with Gasteiger partial charge in [-0.15, -0.1) is 0 Å². The van der Waals surface area contributed by atoms with Crippen LogP contribution in [0.5, 0.6) is 0 Å². The van der Waals surface area contributed by atoms with Gasteiger partial charge in [0.15, 0.2) is 0 Å². The molecule has 0 aliphatic rings. The molecule has 0 amide bonds. The highest BCUT2D eigenvalue weighted by atomic mass is 16.4. The number of pyridine rings is 1. The lowest BCUT2D eigenvalue weighted by molar-refractivity contribution is 0.195. The minimum Gasteiger partial charge on any atom is -0.464 e. The summed E-state index contributed by atoms with van der Waals surface area (Å²) >= 11 is 0. The number of fused-ring (bicyclic) bond motifs is 1. The van der Waals surface area contributed by atoms with Crippen LogP contribution in [0.25, 0.3) is 10.8 Å². The fourth-order valence-electron chi connectivity index (χ4n) is 1.63. The van der Waals surface area contributed by atoms with Crippen molar-refractivity contribution in [3.05, 3.63) is 46.4 Å². The van der Waals surface area contributed by atoms with E-state index in [-0.39, 0.29) is 0 Å². The molecule has 0 saturated carbocycles. The molecule has 4 heteroatoms. The van der Waals surface area contributed by atoms with Gasteiger partial charge >= 0.3 is 6.09 Å². The van der Waals surface area contributed by atoms with Gasteiger partial charge in [0.05, 0.1) is 0 Å². The zero-order chi connectivity index (χ0) is 11.0. The Morgan fingerprint density at radius 1 is 1.33 bits per heavy atom. The Bertz CT molecular complexity index is 598. The smallest absolute Gasteiger partial charge is 0.418 e. The highest BCUT2D eigenvalue weighted by Gasteiger charge is 2.10. The first-order valence-corrected chi connectivity index (χ1v) is 4.46. The number of aromatic nitrogens is 1. The van der Waals surface area contributed by atoms with Gasteiger partial charge in [0.1, 0.15) is 0 Å². The van der Waals surface area contributed by atoms with E-state index in [0.717, 1.165) is 9.95 Å². The van der Waals surface area contributed by atoms with Crippen molar-refractivity contribution in [2.45, 2.75) is 6.92 Å². The molecule has 1 N–H and O–H groups in total. The van der Waals surface area contributed by atoms with E-state index in [1.165, 1.54) is 0 Å². The van der Waals surface area contributed by atoms with Gasteiger partial charge in [-0.3, -0.25) is 4.79 Å². The van der Waals surface area contributed by atoms with Crippen LogP contribution in [-0.4, -0.2) is 15.8 Å². The number of hydrogen-bond acceptors (Lipinski definition) is 2. The Hall–Kier alpha value is -2.10. The van der Waals surface area contributed by atoms with Crippen LogP contribution in [-0.2, 0) is 0 Å². The molecule has 4 nitrogen and oxygen atoms in total. The van der Waals surface area contributed by atoms with E-state index in [0.29, 0.717) is 11.1 Å². The van der Waals surface area contributed by atoms with E-state index < -0.39 is 11.7 Å². The average Bonchev–Trinajstić information content (AvgIpc) is 2.17. The van der Waals surface area contributed by atoms with Crippen LogP contribution in [0.2, 0.25) is 0 Å². The molecule has 1 aromatic heterocycles. The van der Waals surface area contributed by atoms with Crippen molar-refractivity contribution in [1.82, 2.24) is 4.57 Å². The van der Waals surface area contributed by atoms with Crippen LogP contribution in [0.1, 0.15) is 5.69 Å². The number of hydrogen-bond donors (Lipinski definition) is 1. The third kappa shape index (κ3) is 1.40. The topological polar surface area (TPSA) is 59.3 Å². The van der Waals surface area contributed by atoms with Gasteiger partial charge in [0, 0.05) is 11.1 Å². The molecular formula is C11H9NO3. The molecule has 0 fully saturated rings. The Labute approximate surface area is 85.4 Å². The van der Waals surface area contributed by atoms with Gasteiger partial charge in [0.25, 0.3) is 5.56 Å². The summed E-state index contributed by atoms with van der Waals surface area (Å²) in [5.41, 5.74) is -0.0655. The van der Waals surface area contributed by atoms with Crippen LogP contribution in [0.4, 0.5) is 4.79 Å². The van der Waals surface area contributed by atoms with E-state index in [1.54, 1.807) is 31.2 Å². The number of carboxylic acid groups (broad SMARTS) is 1. The van der Waals surface area contributed by atoms with E-state index in [1.807, 2.05) is 6.07 Å². The second-order valence-electron chi connectivity index (χ2n) is 3.30. The Kier molecular flexibility index (Phi) is 2.04. The first kappa shape index (κ1) is 9.45. The fraction of sp³-hybridized carbons (Fsp3) is 0.0909. The predicted molar refractivity (Wildman–Crippen MR) is 56.4 cm³/mol. The lowest BCUT2D eigenvalue weighted by Gasteiger charge is -2.05. The molecule has 76 valence electrons. The van der Waals surface area contributed by atoms with Crippen molar-refractivity contribution in [3.63, 3.8) is 0 Å². The van der Waals surface area contributed by atoms with Gasteiger partial charge in [-0.1, -0.05) is 18.2 Å². The molecular weight excluding hydrogens is 194 g/mol. The quantitative estimate of drug-likeness (QED) is 0.710. The van der Waals surface area contributed by atoms with Crippen LogP contribution < -0.4 is 5.56 Å². The number of benzene rings is 1. The largest absolute Gasteiger partial charge is 0.464 e. The van der Waals surface area contributed by atoms with E-state index in [2.05, 4.69) is 0 Å². The summed E-state index contributed by atoms with van der Waals surface area (Å²) in [6.45, 7) is 1.60. The maximum Gasteiger partial charge on any atom is 0.418 e. The SMILES string of the molecule is Cc1cc2ccccc2c(=O)n1C(=O)O. The summed E-state index contributed by atoms with van der Waals surface area (Å²) in [7, 11) is 0. The minimum atomic E-state index is -1.25. The molecule has 0 aliphatic heterocycles. The minimum absolute atomic E-state index is 0.422. The van der Waals surface area contributed by atoms with Crippen LogP contribution >= 0.6 is 0 Å². The van der Waals surface area contributed by atoms with E-state index in [4.69, 9.17) is 5.11 Å². The van der Waals surface area contributed by atoms with Crippen molar-refractivity contribution in [2.24, 2.45) is 0 Å². The molecule has 2 aromatic rings. The second-order valence-corrected chi connectivity index (χ2v) is 3.30. The zero-order valence-corrected chi connectivity index (χ0v) is 8.10. The van der Waals surface area contributed by atoms with Crippen LogP contribution in [0, 0.1) is 6.92 Å². The summed E-state index contributed by atoms with van der Waals surface area (Å²) in [5, 5.41) is 10.1. The van der Waals surface area contributed by atoms with Gasteiger partial charge in [-0.25, -0.2) is 9.36 Å². The van der Waals surface area contributed by atoms with Gasteiger partial charge < -0.3 is 5.11 Å². The van der Waals surface area contributed by atoms with Crippen molar-refractivity contribution in [2.75, 3.05) is 0 Å². The molecule has 0 aliphatic carbocycles. The number of nitrogens with zero attached hydrogens (tertiary/aromatic N) is 1. The summed E-state index contributed by atoms with van der Waals surface area (Å²) in [6.07, 6.45) is -1.25. The van der Waals surface area contributed by atoms with Gasteiger partial charge in [-0.2, -0.15) is 0 Å². The number of aryl methyl sites for hydroxylation is 1. The predicted octanol–water partition coefficient (Wildman–Crippen LogP) is 1.84. The molecule has 0 unspecified atom stereocenters. The molecule has 0 atom stereocenters. The molecule has 0 bridgehead atoms. The Balaban J connectivity index is 2.97. The summed E-state index contributed by atoms with van der Waals surface area (Å²) in [5.74, 6) is 0. The molecule has 2 rings (SSSR count). The third-order valence-electron chi connectivity index (χ3n) is 2.30. The maximum atomic E-state index is 11.8. The first-order chi connectivity index (χ1) is 7.11. The molecule has 15 heavy (non-hydrogen) atoms.